The minimum atomic E-state index is -0.559. The van der Waals surface area contributed by atoms with Gasteiger partial charge in [0, 0.05) is 0 Å². The molecule has 1 atom stereocenters. The third-order valence-corrected chi connectivity index (χ3v) is 3.32. The first-order valence-corrected chi connectivity index (χ1v) is 6.28. The molecular weight excluding hydrogens is 255 g/mol. The van der Waals surface area contributed by atoms with Crippen LogP contribution in [0.25, 0.3) is 0 Å². The fraction of sp³-hybridized carbons (Fsp3) is 0.333. The summed E-state index contributed by atoms with van der Waals surface area (Å²) in [6.45, 7) is 0. The normalized spacial score (nSPS) is 19.3. The van der Waals surface area contributed by atoms with E-state index >= 15 is 0 Å². The van der Waals surface area contributed by atoms with Crippen LogP contribution >= 0.6 is 11.6 Å². The summed E-state index contributed by atoms with van der Waals surface area (Å²) in [7, 11) is 0. The van der Waals surface area contributed by atoms with Crippen molar-refractivity contribution in [3.05, 3.63) is 28.8 Å². The maximum atomic E-state index is 10.5. The van der Waals surface area contributed by atoms with Gasteiger partial charge in [-0.15, -0.1) is 0 Å². The molecule has 1 aromatic carbocycles. The zero-order valence-electron chi connectivity index (χ0n) is 6.83. The van der Waals surface area contributed by atoms with Gasteiger partial charge in [0.1, 0.15) is 0 Å². The van der Waals surface area contributed by atoms with E-state index < -0.39 is 14.9 Å². The van der Waals surface area contributed by atoms with Gasteiger partial charge in [0.25, 0.3) is 0 Å². The van der Waals surface area contributed by atoms with Crippen molar-refractivity contribution >= 4 is 26.5 Å². The van der Waals surface area contributed by atoms with Gasteiger partial charge >= 0.3 is 87.4 Å². The number of hydrogen-bond acceptors (Lipinski definition) is 2. The van der Waals surface area contributed by atoms with Gasteiger partial charge < -0.3 is 0 Å². The molecule has 2 nitrogen and oxygen atoms in total. The van der Waals surface area contributed by atoms with E-state index in [0.29, 0.717) is 5.32 Å². The second kappa shape index (κ2) is 3.79. The average Bonchev–Trinajstić information content (AvgIpc) is 2.46. The van der Waals surface area contributed by atoms with Crippen LogP contribution in [0, 0.1) is 0 Å². The van der Waals surface area contributed by atoms with Crippen molar-refractivity contribution in [3.63, 3.8) is 0 Å². The summed E-state index contributed by atoms with van der Waals surface area (Å²) in [6.07, 6.45) is 0.922. The number of ether oxygens (including phenoxy) is 1. The molecule has 1 unspecified atom stereocenters. The van der Waals surface area contributed by atoms with E-state index in [1.807, 2.05) is 18.2 Å². The van der Waals surface area contributed by atoms with Crippen molar-refractivity contribution in [2.24, 2.45) is 0 Å². The molecule has 0 bridgehead atoms. The number of halogens is 1. The van der Waals surface area contributed by atoms with Gasteiger partial charge in [-0.2, -0.15) is 0 Å². The van der Waals surface area contributed by atoms with E-state index in [1.54, 1.807) is 0 Å². The topological polar surface area (TPSA) is 26.3 Å². The van der Waals surface area contributed by atoms with Crippen molar-refractivity contribution in [2.75, 3.05) is 0 Å². The van der Waals surface area contributed by atoms with Crippen molar-refractivity contribution in [1.82, 2.24) is 0 Å². The molecule has 1 aromatic rings. The summed E-state index contributed by atoms with van der Waals surface area (Å²) < 4.78 is 16.0. The predicted octanol–water partition coefficient (Wildman–Crippen LogP) is 2.11. The number of benzene rings is 1. The molecule has 0 N–H and O–H groups in total. The van der Waals surface area contributed by atoms with E-state index in [-0.39, 0.29) is 6.10 Å². The van der Waals surface area contributed by atoms with Gasteiger partial charge in [0.05, 0.1) is 0 Å². The summed E-state index contributed by atoms with van der Waals surface area (Å²) >= 11 is 5.28. The van der Waals surface area contributed by atoms with Crippen LogP contribution < -0.4 is 4.74 Å². The van der Waals surface area contributed by atoms with E-state index in [2.05, 4.69) is 0 Å². The Balaban J connectivity index is 2.20. The van der Waals surface area contributed by atoms with Crippen LogP contribution in [0.3, 0.4) is 0 Å². The van der Waals surface area contributed by atoms with Crippen LogP contribution in [0.4, 0.5) is 0 Å². The summed E-state index contributed by atoms with van der Waals surface area (Å²) in [5.41, 5.74) is 1.13. The third kappa shape index (κ3) is 1.93. The van der Waals surface area contributed by atoms with Crippen LogP contribution in [-0.2, 0) is 10.3 Å². The Morgan fingerprint density at radius 2 is 2.46 bits per heavy atom. The number of rotatable bonds is 2. The standard InChI is InChI=1S/C9H8ClO2Se/c10-7-1-2-9-6(3-7)4-8(12-9)5-13-11/h1-3,8H,4-5H2. The molecule has 13 heavy (non-hydrogen) atoms. The molecule has 0 fully saturated rings. The molecule has 0 saturated heterocycles. The van der Waals surface area contributed by atoms with Gasteiger partial charge in [0.2, 0.25) is 0 Å². The first-order valence-electron chi connectivity index (χ1n) is 3.99. The molecule has 2 rings (SSSR count). The molecule has 69 valence electrons. The molecule has 4 heteroatoms. The monoisotopic (exact) mass is 263 g/mol. The number of fused-ring (bicyclic) bond motifs is 1. The molecule has 1 heterocycles. The fourth-order valence-corrected chi connectivity index (χ4v) is 2.36. The van der Waals surface area contributed by atoms with Crippen LogP contribution in [0.2, 0.25) is 10.3 Å². The second-order valence-electron chi connectivity index (χ2n) is 2.98. The van der Waals surface area contributed by atoms with Crippen LogP contribution in [0.1, 0.15) is 5.56 Å². The average molecular weight is 263 g/mol. The molecular formula is C9H8ClO2Se. The first kappa shape index (κ1) is 9.19. The van der Waals surface area contributed by atoms with Gasteiger partial charge in [0.15, 0.2) is 0 Å². The zero-order valence-corrected chi connectivity index (χ0v) is 9.30. The molecule has 1 aliphatic rings. The van der Waals surface area contributed by atoms with Gasteiger partial charge in [-0.05, 0) is 0 Å². The van der Waals surface area contributed by atoms with Crippen LogP contribution in [-0.4, -0.2) is 21.0 Å². The van der Waals surface area contributed by atoms with Crippen molar-refractivity contribution < 1.29 is 8.57 Å². The molecule has 1 radical (unpaired) electrons. The number of hydrogen-bond donors (Lipinski definition) is 0. The third-order valence-electron chi connectivity index (χ3n) is 2.02. The molecule has 0 saturated carbocycles. The summed E-state index contributed by atoms with van der Waals surface area (Å²) in [6, 6.07) is 5.59. The van der Waals surface area contributed by atoms with E-state index in [0.717, 1.165) is 22.8 Å². The summed E-state index contributed by atoms with van der Waals surface area (Å²) in [4.78, 5) is 0. The molecule has 0 aromatic heterocycles. The van der Waals surface area contributed by atoms with E-state index in [4.69, 9.17) is 16.3 Å². The Morgan fingerprint density at radius 3 is 3.23 bits per heavy atom. The van der Waals surface area contributed by atoms with Gasteiger partial charge in [-0.1, -0.05) is 0 Å². The SMILES string of the molecule is O=[Se]CC1Cc2cc(Cl)ccc2O1. The summed E-state index contributed by atoms with van der Waals surface area (Å²) in [5, 5.41) is 1.37. The van der Waals surface area contributed by atoms with Gasteiger partial charge in [-0.3, -0.25) is 0 Å². The zero-order chi connectivity index (χ0) is 9.26. The maximum absolute atomic E-state index is 10.5. The second-order valence-corrected chi connectivity index (χ2v) is 4.61. The first-order chi connectivity index (χ1) is 6.29. The minimum absolute atomic E-state index is 0.0889. The molecule has 0 amide bonds. The fourth-order valence-electron chi connectivity index (χ4n) is 1.46. The van der Waals surface area contributed by atoms with Crippen molar-refractivity contribution in [1.29, 1.82) is 0 Å². The Bertz CT molecular complexity index is 340. The van der Waals surface area contributed by atoms with Crippen LogP contribution in [0.5, 0.6) is 5.75 Å². The van der Waals surface area contributed by atoms with Gasteiger partial charge in [-0.25, -0.2) is 0 Å². The Morgan fingerprint density at radius 1 is 1.62 bits per heavy atom. The summed E-state index contributed by atoms with van der Waals surface area (Å²) in [5.74, 6) is 0.888. The van der Waals surface area contributed by atoms with Crippen molar-refractivity contribution in [3.8, 4) is 5.75 Å². The van der Waals surface area contributed by atoms with E-state index in [1.165, 1.54) is 0 Å². The Kier molecular flexibility index (Phi) is 2.68. The van der Waals surface area contributed by atoms with Crippen LogP contribution in [0.15, 0.2) is 18.2 Å². The Labute approximate surface area is 87.6 Å². The predicted molar refractivity (Wildman–Crippen MR) is 50.8 cm³/mol. The Hall–Kier alpha value is -0.371. The molecule has 0 spiro atoms. The molecule has 0 aliphatic carbocycles. The quantitative estimate of drug-likeness (QED) is 0.763. The molecule has 1 aliphatic heterocycles. The van der Waals surface area contributed by atoms with Crippen molar-refractivity contribution in [2.45, 2.75) is 17.8 Å². The van der Waals surface area contributed by atoms with E-state index in [9.17, 15) is 3.83 Å².